The summed E-state index contributed by atoms with van der Waals surface area (Å²) in [6.07, 6.45) is 0.121. The quantitative estimate of drug-likeness (QED) is 0.555. The van der Waals surface area contributed by atoms with Crippen molar-refractivity contribution < 1.29 is 22.3 Å². The molecule has 1 heterocycles. The molecule has 0 aliphatic carbocycles. The molecule has 1 aliphatic rings. The van der Waals surface area contributed by atoms with Gasteiger partial charge in [0.25, 0.3) is 0 Å². The van der Waals surface area contributed by atoms with E-state index < -0.39 is 32.7 Å². The fourth-order valence-corrected chi connectivity index (χ4v) is 5.28. The van der Waals surface area contributed by atoms with Crippen molar-refractivity contribution in [3.8, 4) is 6.07 Å². The lowest BCUT2D eigenvalue weighted by Gasteiger charge is -2.34. The van der Waals surface area contributed by atoms with Crippen LogP contribution in [-0.2, 0) is 39.1 Å². The number of benzene rings is 3. The zero-order valence-corrected chi connectivity index (χ0v) is 17.8. The van der Waals surface area contributed by atoms with Gasteiger partial charge in [0.2, 0.25) is 10.0 Å². The first-order valence-electron chi connectivity index (χ1n) is 9.89. The maximum absolute atomic E-state index is 14.4. The van der Waals surface area contributed by atoms with E-state index in [0.29, 0.717) is 11.1 Å². The normalized spacial score (nSPS) is 16.1. The van der Waals surface area contributed by atoms with E-state index >= 15 is 0 Å². The molecule has 0 saturated carbocycles. The van der Waals surface area contributed by atoms with Crippen LogP contribution in [0.1, 0.15) is 22.3 Å². The summed E-state index contributed by atoms with van der Waals surface area (Å²) < 4.78 is 47.4. The van der Waals surface area contributed by atoms with Crippen LogP contribution in [0, 0.1) is 17.1 Å². The molecular formula is C24H19FN2O4S. The smallest absolute Gasteiger partial charge is 0.325 e. The van der Waals surface area contributed by atoms with Gasteiger partial charge in [0, 0.05) is 13.0 Å². The number of hydrogen-bond acceptors (Lipinski definition) is 5. The third kappa shape index (κ3) is 4.26. The lowest BCUT2D eigenvalue weighted by atomic mass is 9.96. The van der Waals surface area contributed by atoms with Crippen molar-refractivity contribution in [1.82, 2.24) is 4.31 Å². The number of ether oxygens (including phenoxy) is 1. The second kappa shape index (κ2) is 8.91. The topological polar surface area (TPSA) is 87.5 Å². The van der Waals surface area contributed by atoms with Crippen molar-refractivity contribution in [2.45, 2.75) is 30.5 Å². The van der Waals surface area contributed by atoms with Gasteiger partial charge < -0.3 is 4.74 Å². The average Bonchev–Trinajstić information content (AvgIpc) is 2.82. The minimum atomic E-state index is -4.30. The summed E-state index contributed by atoms with van der Waals surface area (Å²) in [7, 11) is -4.30. The van der Waals surface area contributed by atoms with Crippen LogP contribution in [0.15, 0.2) is 77.7 Å². The summed E-state index contributed by atoms with van der Waals surface area (Å²) in [4.78, 5) is 12.5. The lowest BCUT2D eigenvalue weighted by molar-refractivity contribution is -0.150. The Morgan fingerprint density at radius 2 is 1.69 bits per heavy atom. The Labute approximate surface area is 185 Å². The number of fused-ring (bicyclic) bond motifs is 1. The van der Waals surface area contributed by atoms with Crippen LogP contribution in [0.4, 0.5) is 4.39 Å². The van der Waals surface area contributed by atoms with Crippen molar-refractivity contribution in [2.24, 2.45) is 0 Å². The highest BCUT2D eigenvalue weighted by Gasteiger charge is 2.41. The Bertz CT molecular complexity index is 1300. The van der Waals surface area contributed by atoms with Crippen LogP contribution in [0.2, 0.25) is 0 Å². The molecule has 32 heavy (non-hydrogen) atoms. The number of hydrogen-bond donors (Lipinski definition) is 0. The van der Waals surface area contributed by atoms with E-state index in [4.69, 9.17) is 10.00 Å². The van der Waals surface area contributed by atoms with Crippen molar-refractivity contribution >= 4 is 16.0 Å². The SMILES string of the molecule is N#Cc1ccc(COC(=O)C2Cc3ccccc3CN2S(=O)(=O)c2ccccc2F)cc1. The number of nitriles is 1. The predicted molar refractivity (Wildman–Crippen MR) is 114 cm³/mol. The van der Waals surface area contributed by atoms with Crippen molar-refractivity contribution in [1.29, 1.82) is 5.26 Å². The summed E-state index contributed by atoms with van der Waals surface area (Å²) in [5.41, 5.74) is 2.74. The number of rotatable bonds is 5. The molecule has 1 atom stereocenters. The highest BCUT2D eigenvalue weighted by molar-refractivity contribution is 7.89. The standard InChI is InChI=1S/C24H19FN2O4S/c25-21-7-3-4-8-23(21)32(29,30)27-15-20-6-2-1-5-19(20)13-22(27)24(28)31-16-18-11-9-17(14-26)10-12-18/h1-12,22H,13,15-16H2. The molecule has 4 rings (SSSR count). The van der Waals surface area contributed by atoms with Crippen LogP contribution in [-0.4, -0.2) is 24.7 Å². The molecule has 0 saturated heterocycles. The second-order valence-electron chi connectivity index (χ2n) is 7.39. The van der Waals surface area contributed by atoms with Crippen LogP contribution < -0.4 is 0 Å². The minimum Gasteiger partial charge on any atom is -0.460 e. The molecule has 0 spiro atoms. The van der Waals surface area contributed by atoms with Gasteiger partial charge in [0.1, 0.15) is 23.4 Å². The van der Waals surface area contributed by atoms with Crippen LogP contribution in [0.3, 0.4) is 0 Å². The lowest BCUT2D eigenvalue weighted by Crippen LogP contribution is -2.49. The molecule has 0 amide bonds. The van der Waals surface area contributed by atoms with Crippen molar-refractivity contribution in [2.75, 3.05) is 0 Å². The third-order valence-electron chi connectivity index (χ3n) is 5.36. The van der Waals surface area contributed by atoms with Crippen molar-refractivity contribution in [3.63, 3.8) is 0 Å². The predicted octanol–water partition coefficient (Wildman–Crippen LogP) is 3.56. The van der Waals surface area contributed by atoms with Crippen molar-refractivity contribution in [3.05, 3.63) is 101 Å². The molecule has 8 heteroatoms. The van der Waals surface area contributed by atoms with E-state index in [-0.39, 0.29) is 19.6 Å². The first-order valence-corrected chi connectivity index (χ1v) is 11.3. The number of esters is 1. The zero-order valence-electron chi connectivity index (χ0n) is 16.9. The minimum absolute atomic E-state index is 0.0660. The van der Waals surface area contributed by atoms with Gasteiger partial charge in [-0.25, -0.2) is 12.8 Å². The number of nitrogens with zero attached hydrogens (tertiary/aromatic N) is 2. The number of halogens is 1. The van der Waals surface area contributed by atoms with Crippen LogP contribution >= 0.6 is 0 Å². The number of carbonyl (C=O) groups is 1. The van der Waals surface area contributed by atoms with Gasteiger partial charge >= 0.3 is 5.97 Å². The third-order valence-corrected chi connectivity index (χ3v) is 7.25. The summed E-state index contributed by atoms with van der Waals surface area (Å²) in [5, 5.41) is 8.89. The Morgan fingerprint density at radius 3 is 2.38 bits per heavy atom. The Hall–Kier alpha value is -3.54. The van der Waals surface area contributed by atoms with E-state index in [2.05, 4.69) is 0 Å². The second-order valence-corrected chi connectivity index (χ2v) is 9.24. The average molecular weight is 450 g/mol. The van der Waals surface area contributed by atoms with Gasteiger partial charge in [-0.1, -0.05) is 48.5 Å². The molecule has 162 valence electrons. The largest absolute Gasteiger partial charge is 0.460 e. The van der Waals surface area contributed by atoms with E-state index in [1.807, 2.05) is 18.2 Å². The Kier molecular flexibility index (Phi) is 6.04. The highest BCUT2D eigenvalue weighted by Crippen LogP contribution is 2.30. The van der Waals surface area contributed by atoms with Gasteiger partial charge in [-0.05, 0) is 41.0 Å². The molecule has 0 aromatic heterocycles. The van der Waals surface area contributed by atoms with Gasteiger partial charge in [0.15, 0.2) is 0 Å². The monoisotopic (exact) mass is 450 g/mol. The summed E-state index contributed by atoms with van der Waals surface area (Å²) >= 11 is 0. The summed E-state index contributed by atoms with van der Waals surface area (Å²) in [6, 6.07) is 19.7. The van der Waals surface area contributed by atoms with E-state index in [1.54, 1.807) is 36.4 Å². The number of carbonyl (C=O) groups excluding carboxylic acids is 1. The molecule has 0 fully saturated rings. The first-order chi connectivity index (χ1) is 15.4. The van der Waals surface area contributed by atoms with Crippen LogP contribution in [0.5, 0.6) is 0 Å². The fourth-order valence-electron chi connectivity index (χ4n) is 3.66. The molecule has 0 bridgehead atoms. The molecule has 0 radical (unpaired) electrons. The number of sulfonamides is 1. The maximum Gasteiger partial charge on any atom is 0.325 e. The van der Waals surface area contributed by atoms with Gasteiger partial charge in [0.05, 0.1) is 11.6 Å². The molecular weight excluding hydrogens is 431 g/mol. The summed E-state index contributed by atoms with van der Waals surface area (Å²) in [5.74, 6) is -1.60. The Balaban J connectivity index is 1.63. The highest BCUT2D eigenvalue weighted by atomic mass is 32.2. The molecule has 0 N–H and O–H groups in total. The van der Waals surface area contributed by atoms with E-state index in [9.17, 15) is 17.6 Å². The Morgan fingerprint density at radius 1 is 1.03 bits per heavy atom. The first kappa shape index (κ1) is 21.7. The van der Waals surface area contributed by atoms with Crippen LogP contribution in [0.25, 0.3) is 0 Å². The van der Waals surface area contributed by atoms with E-state index in [1.165, 1.54) is 18.2 Å². The molecule has 1 aliphatic heterocycles. The van der Waals surface area contributed by atoms with Gasteiger partial charge in [-0.3, -0.25) is 4.79 Å². The molecule has 3 aromatic carbocycles. The molecule has 3 aromatic rings. The maximum atomic E-state index is 14.4. The zero-order chi connectivity index (χ0) is 22.7. The molecule has 1 unspecified atom stereocenters. The molecule has 6 nitrogen and oxygen atoms in total. The fraction of sp³-hybridized carbons (Fsp3) is 0.167. The van der Waals surface area contributed by atoms with E-state index in [0.717, 1.165) is 21.5 Å². The van der Waals surface area contributed by atoms with Gasteiger partial charge in [-0.15, -0.1) is 0 Å². The van der Waals surface area contributed by atoms with Gasteiger partial charge in [-0.2, -0.15) is 9.57 Å². The summed E-state index contributed by atoms with van der Waals surface area (Å²) in [6.45, 7) is -0.139.